The van der Waals surface area contributed by atoms with Crippen LogP contribution in [-0.4, -0.2) is 11.1 Å². The summed E-state index contributed by atoms with van der Waals surface area (Å²) in [7, 11) is 0. The Morgan fingerprint density at radius 1 is 2.00 bits per heavy atom. The zero-order valence-electron chi connectivity index (χ0n) is 4.92. The van der Waals surface area contributed by atoms with Crippen LogP contribution in [0.25, 0.3) is 0 Å². The van der Waals surface area contributed by atoms with E-state index in [2.05, 4.69) is 4.42 Å². The number of carboxylic acids is 1. The maximum atomic E-state index is 10.1. The Morgan fingerprint density at radius 2 is 2.75 bits per heavy atom. The second kappa shape index (κ2) is 1.69. The molecule has 1 rings (SSSR count). The summed E-state index contributed by atoms with van der Waals surface area (Å²) in [5.74, 6) is -1.51. The summed E-state index contributed by atoms with van der Waals surface area (Å²) < 4.78 is 11.3. The first-order valence-electron chi connectivity index (χ1n) is 2.49. The van der Waals surface area contributed by atoms with E-state index in [0.29, 0.717) is 0 Å². The molecule has 3 nitrogen and oxygen atoms in total. The maximum Gasteiger partial charge on any atom is 0.371 e. The largest absolute Gasteiger partial charge is 0.475 e. The molecule has 1 aromatic rings. The van der Waals surface area contributed by atoms with Gasteiger partial charge in [0.2, 0.25) is 5.76 Å². The van der Waals surface area contributed by atoms with Crippen molar-refractivity contribution in [2.75, 3.05) is 0 Å². The minimum absolute atomic E-state index is 0.0949. The summed E-state index contributed by atoms with van der Waals surface area (Å²) in [6.07, 6.45) is 1.17. The van der Waals surface area contributed by atoms with Crippen molar-refractivity contribution >= 4 is 5.97 Å². The van der Waals surface area contributed by atoms with E-state index in [1.165, 1.54) is 12.3 Å². The van der Waals surface area contributed by atoms with Crippen LogP contribution in [0.5, 0.6) is 0 Å². The topological polar surface area (TPSA) is 50.4 Å². The van der Waals surface area contributed by atoms with Crippen LogP contribution in [0.3, 0.4) is 0 Å². The molecule has 0 unspecified atom stereocenters. The normalized spacial score (nSPS) is 10.8. The Kier molecular flexibility index (Phi) is 0.787. The van der Waals surface area contributed by atoms with E-state index in [1.807, 2.05) is 0 Å². The molecule has 0 aliphatic heterocycles. The van der Waals surface area contributed by atoms with E-state index in [0.717, 1.165) is 0 Å². The van der Waals surface area contributed by atoms with Crippen molar-refractivity contribution in [1.82, 2.24) is 0 Å². The zero-order chi connectivity index (χ0) is 6.85. The van der Waals surface area contributed by atoms with Gasteiger partial charge in [0.15, 0.2) is 0 Å². The fourth-order valence-electron chi connectivity index (χ4n) is 0.358. The molecule has 1 heterocycles. The zero-order valence-corrected chi connectivity index (χ0v) is 3.92. The maximum absolute atomic E-state index is 10.1. The van der Waals surface area contributed by atoms with Crippen molar-refractivity contribution in [3.05, 3.63) is 24.1 Å². The van der Waals surface area contributed by atoms with Gasteiger partial charge in [0, 0.05) is 0 Å². The van der Waals surface area contributed by atoms with Crippen molar-refractivity contribution in [2.24, 2.45) is 0 Å². The van der Waals surface area contributed by atoms with Gasteiger partial charge in [0.25, 0.3) is 0 Å². The van der Waals surface area contributed by atoms with Gasteiger partial charge < -0.3 is 9.52 Å². The van der Waals surface area contributed by atoms with Crippen LogP contribution in [0, 0.1) is 0 Å². The third-order valence-electron chi connectivity index (χ3n) is 0.663. The van der Waals surface area contributed by atoms with Gasteiger partial charge in [-0.2, -0.15) is 0 Å². The Balaban J connectivity index is 3.08. The van der Waals surface area contributed by atoms with Gasteiger partial charge in [0.1, 0.15) is 0 Å². The highest BCUT2D eigenvalue weighted by Crippen LogP contribution is 1.97. The minimum Gasteiger partial charge on any atom is -0.475 e. The van der Waals surface area contributed by atoms with Crippen molar-refractivity contribution in [3.63, 3.8) is 0 Å². The van der Waals surface area contributed by atoms with Crippen LogP contribution >= 0.6 is 0 Å². The van der Waals surface area contributed by atoms with Crippen LogP contribution in [0.1, 0.15) is 11.9 Å². The van der Waals surface area contributed by atoms with E-state index in [9.17, 15) is 4.79 Å². The molecule has 0 radical (unpaired) electrons. The summed E-state index contributed by atoms with van der Waals surface area (Å²) in [4.78, 5) is 10.1. The summed E-state index contributed by atoms with van der Waals surface area (Å²) >= 11 is 0. The van der Waals surface area contributed by atoms with Gasteiger partial charge in [0.05, 0.1) is 7.63 Å². The standard InChI is InChI=1S/C5H4O3/c6-5(7)4-2-1-3-8-4/h1-3H,(H,6,7)/i2D. The van der Waals surface area contributed by atoms with Gasteiger partial charge in [-0.15, -0.1) is 0 Å². The highest BCUT2D eigenvalue weighted by molar-refractivity contribution is 5.84. The summed E-state index contributed by atoms with van der Waals surface area (Å²) in [5.41, 5.74) is 0. The third-order valence-corrected chi connectivity index (χ3v) is 0.663. The molecule has 0 bridgehead atoms. The molecule has 0 saturated carbocycles. The Hall–Kier alpha value is -1.25. The highest BCUT2D eigenvalue weighted by atomic mass is 16.4. The Bertz CT molecular complexity index is 228. The Labute approximate surface area is 47.0 Å². The first-order valence-corrected chi connectivity index (χ1v) is 1.99. The third kappa shape index (κ3) is 0.703. The second-order valence-corrected chi connectivity index (χ2v) is 1.20. The second-order valence-electron chi connectivity index (χ2n) is 1.20. The lowest BCUT2D eigenvalue weighted by molar-refractivity contribution is 0.0662. The smallest absolute Gasteiger partial charge is 0.371 e. The predicted octanol–water partition coefficient (Wildman–Crippen LogP) is 0.978. The quantitative estimate of drug-likeness (QED) is 0.590. The average molecular weight is 113 g/mol. The van der Waals surface area contributed by atoms with E-state index < -0.39 is 5.97 Å². The van der Waals surface area contributed by atoms with Crippen molar-refractivity contribution in [3.8, 4) is 0 Å². The SMILES string of the molecule is [2H]c1ccoc1C(=O)O. The summed E-state index contributed by atoms with van der Waals surface area (Å²) in [6.45, 7) is 0. The average Bonchev–Trinajstić information content (AvgIpc) is 2.13. The number of aromatic carboxylic acids is 1. The molecule has 42 valence electrons. The van der Waals surface area contributed by atoms with Crippen molar-refractivity contribution in [1.29, 1.82) is 0 Å². The van der Waals surface area contributed by atoms with Crippen LogP contribution in [0.15, 0.2) is 22.8 Å². The first-order chi connectivity index (χ1) is 4.22. The molecule has 0 amide bonds. The van der Waals surface area contributed by atoms with Crippen LogP contribution in [-0.2, 0) is 0 Å². The van der Waals surface area contributed by atoms with Gasteiger partial charge in [-0.25, -0.2) is 4.79 Å². The number of furan rings is 1. The number of rotatable bonds is 1. The molecule has 0 aliphatic carbocycles. The molecule has 3 heteroatoms. The number of carbonyl (C=O) groups is 1. The van der Waals surface area contributed by atoms with E-state index in [4.69, 9.17) is 6.48 Å². The molecule has 1 aromatic heterocycles. The molecular formula is C5H4O3. The molecule has 0 saturated heterocycles. The number of hydrogen-bond donors (Lipinski definition) is 1. The van der Waals surface area contributed by atoms with Crippen molar-refractivity contribution < 1.29 is 15.7 Å². The van der Waals surface area contributed by atoms with Crippen LogP contribution in [0.4, 0.5) is 0 Å². The van der Waals surface area contributed by atoms with Gasteiger partial charge >= 0.3 is 5.97 Å². The van der Waals surface area contributed by atoms with Crippen LogP contribution < -0.4 is 0 Å². The molecule has 8 heavy (non-hydrogen) atoms. The fourth-order valence-corrected chi connectivity index (χ4v) is 0.358. The van der Waals surface area contributed by atoms with Crippen LogP contribution in [0.2, 0.25) is 0 Å². The molecule has 1 N–H and O–H groups in total. The van der Waals surface area contributed by atoms with E-state index in [1.54, 1.807) is 0 Å². The molecular weight excluding hydrogens is 108 g/mol. The Morgan fingerprint density at radius 3 is 3.00 bits per heavy atom. The van der Waals surface area contributed by atoms with E-state index >= 15 is 0 Å². The molecule has 0 aromatic carbocycles. The lowest BCUT2D eigenvalue weighted by Crippen LogP contribution is -1.90. The molecule has 0 aliphatic rings. The molecule has 0 atom stereocenters. The molecule has 0 fully saturated rings. The van der Waals surface area contributed by atoms with E-state index in [-0.39, 0.29) is 11.8 Å². The predicted molar refractivity (Wildman–Crippen MR) is 25.7 cm³/mol. The van der Waals surface area contributed by atoms with Gasteiger partial charge in [-0.1, -0.05) is 0 Å². The van der Waals surface area contributed by atoms with Gasteiger partial charge in [-0.3, -0.25) is 0 Å². The lowest BCUT2D eigenvalue weighted by atomic mass is 10.5. The number of carboxylic acid groups (broad SMARTS) is 1. The number of hydrogen-bond acceptors (Lipinski definition) is 2. The van der Waals surface area contributed by atoms with Gasteiger partial charge in [-0.05, 0) is 12.1 Å². The van der Waals surface area contributed by atoms with Crippen molar-refractivity contribution in [2.45, 2.75) is 0 Å². The molecule has 0 spiro atoms. The minimum atomic E-state index is -1.20. The first kappa shape index (κ1) is 3.72. The lowest BCUT2D eigenvalue weighted by Gasteiger charge is -1.79. The highest BCUT2D eigenvalue weighted by Gasteiger charge is 2.01. The summed E-state index contributed by atoms with van der Waals surface area (Å²) in [5, 5.41) is 8.24. The fraction of sp³-hybridized carbons (Fsp3) is 0. The summed E-state index contributed by atoms with van der Waals surface area (Å²) in [6, 6.07) is 1.19. The monoisotopic (exact) mass is 113 g/mol.